The average molecular weight is 874 g/mol. The minimum absolute atomic E-state index is 0.0121. The number of nitrogens with zero attached hydrogens (tertiary/aromatic N) is 6. The molecule has 2 aromatic carbocycles. The van der Waals surface area contributed by atoms with Crippen molar-refractivity contribution in [2.75, 3.05) is 33.3 Å². The van der Waals surface area contributed by atoms with E-state index in [1.807, 2.05) is 24.5 Å². The summed E-state index contributed by atoms with van der Waals surface area (Å²) in [5, 5.41) is 17.8. The number of aryl methyl sites for hydroxylation is 3. The number of aromatic hydroxyl groups is 1. The Morgan fingerprint density at radius 3 is 2.50 bits per heavy atom. The van der Waals surface area contributed by atoms with Gasteiger partial charge in [-0.3, -0.25) is 29.2 Å². The first-order chi connectivity index (χ1) is 30.4. The van der Waals surface area contributed by atoms with E-state index >= 15 is 0 Å². The van der Waals surface area contributed by atoms with Gasteiger partial charge in [0, 0.05) is 66.8 Å². The smallest absolute Gasteiger partial charge is 0.324 e. The van der Waals surface area contributed by atoms with Crippen LogP contribution in [0.15, 0.2) is 72.7 Å². The van der Waals surface area contributed by atoms with Gasteiger partial charge in [-0.25, -0.2) is 5.43 Å². The molecule has 2 aromatic heterocycles. The number of hydrogen-bond donors (Lipinski definition) is 3. The van der Waals surface area contributed by atoms with Crippen molar-refractivity contribution in [3.63, 3.8) is 0 Å². The van der Waals surface area contributed by atoms with Crippen LogP contribution in [0.2, 0.25) is 0 Å². The number of likely N-dealkylation sites (N-methyl/N-ethyl adjacent to an activating group) is 1. The van der Waals surface area contributed by atoms with E-state index in [1.165, 1.54) is 28.0 Å². The molecule has 15 heteroatoms. The maximum Gasteiger partial charge on any atom is 0.324 e. The van der Waals surface area contributed by atoms with Gasteiger partial charge in [0.2, 0.25) is 5.91 Å². The number of cyclic esters (lactones) is 1. The molecule has 3 N–H and O–H groups in total. The van der Waals surface area contributed by atoms with E-state index in [9.17, 15) is 29.2 Å². The number of esters is 1. The highest BCUT2D eigenvalue weighted by molar-refractivity contribution is 5.98. The van der Waals surface area contributed by atoms with E-state index in [-0.39, 0.29) is 43.5 Å². The third-order valence-electron chi connectivity index (χ3n) is 12.7. The molecular formula is C49H61N8O7+. The summed E-state index contributed by atoms with van der Waals surface area (Å²) >= 11 is 0. The molecule has 0 radical (unpaired) electrons. The molecule has 3 atom stereocenters. The predicted octanol–water partition coefficient (Wildman–Crippen LogP) is 6.07. The number of hydrogen-bond acceptors (Lipinski definition) is 9. The number of phenols is 1. The quantitative estimate of drug-likeness (QED) is 0.0819. The number of phenolic OH excluding ortho intramolecular Hbond substituents is 1. The van der Waals surface area contributed by atoms with Crippen LogP contribution in [0.5, 0.6) is 5.75 Å². The van der Waals surface area contributed by atoms with E-state index in [0.717, 1.165) is 50.0 Å². The number of likely N-dealkylation sites (tertiary alicyclic amines) is 1. The van der Waals surface area contributed by atoms with E-state index in [4.69, 9.17) is 4.74 Å². The average Bonchev–Trinajstić information content (AvgIpc) is 3.87. The molecule has 5 heterocycles. The molecule has 4 aromatic rings. The lowest BCUT2D eigenvalue weighted by atomic mass is 9.83. The zero-order valence-electron chi connectivity index (χ0n) is 38.3. The monoisotopic (exact) mass is 873 g/mol. The van der Waals surface area contributed by atoms with E-state index in [0.29, 0.717) is 54.8 Å². The SMILES string of the molecule is C=CC(=O)N1CC[C@H]([N+](=O)N(C)C(C(=O)N[C@H]2Cc3cc(O)cc(c3)-c3ccc4c(c3)c(c(-c3c(C)cncc3C)n4CC)CC(C)(C)COC(=O)[C@@H]3CCCN(N3)C2=O)=C(C)C)C1. The highest BCUT2D eigenvalue weighted by atomic mass is 16.5. The molecule has 0 unspecified atom stereocenters. The Morgan fingerprint density at radius 2 is 1.81 bits per heavy atom. The van der Waals surface area contributed by atoms with Crippen molar-refractivity contribution in [3.05, 3.63) is 99.9 Å². The van der Waals surface area contributed by atoms with Crippen molar-refractivity contribution in [1.29, 1.82) is 0 Å². The van der Waals surface area contributed by atoms with Crippen LogP contribution in [0.4, 0.5) is 0 Å². The number of nitroso groups, excluding NO2 is 1. The normalized spacial score (nSPS) is 20.0. The number of carbonyl (C=O) groups is 4. The number of amides is 3. The molecule has 2 fully saturated rings. The van der Waals surface area contributed by atoms with Gasteiger partial charge in [-0.2, -0.15) is 0 Å². The molecule has 3 aliphatic heterocycles. The summed E-state index contributed by atoms with van der Waals surface area (Å²) in [6.07, 6.45) is 6.89. The van der Waals surface area contributed by atoms with Gasteiger partial charge in [-0.1, -0.05) is 32.6 Å². The maximum atomic E-state index is 14.7. The van der Waals surface area contributed by atoms with Gasteiger partial charge in [0.05, 0.1) is 30.8 Å². The highest BCUT2D eigenvalue weighted by Gasteiger charge is 2.42. The van der Waals surface area contributed by atoms with Crippen LogP contribution in [0, 0.1) is 24.2 Å². The number of nitrogens with one attached hydrogen (secondary N) is 2. The number of benzene rings is 2. The number of pyridine rings is 1. The van der Waals surface area contributed by atoms with Gasteiger partial charge in [-0.05, 0) is 123 Å². The Hall–Kier alpha value is -6.35. The van der Waals surface area contributed by atoms with Gasteiger partial charge in [0.1, 0.15) is 22.7 Å². The fraction of sp³-hybridized carbons (Fsp3) is 0.449. The van der Waals surface area contributed by atoms with Crippen LogP contribution >= 0.6 is 0 Å². The summed E-state index contributed by atoms with van der Waals surface area (Å²) in [6, 6.07) is 8.85. The number of rotatable bonds is 8. The summed E-state index contributed by atoms with van der Waals surface area (Å²) in [5.41, 5.74) is 11.8. The fourth-order valence-corrected chi connectivity index (χ4v) is 9.58. The van der Waals surface area contributed by atoms with Crippen molar-refractivity contribution in [2.45, 2.75) is 105 Å². The maximum absolute atomic E-state index is 14.7. The number of allylic oxidation sites excluding steroid dienone is 1. The van der Waals surface area contributed by atoms with Gasteiger partial charge in [0.25, 0.3) is 17.9 Å². The summed E-state index contributed by atoms with van der Waals surface area (Å²) < 4.78 is 8.42. The van der Waals surface area contributed by atoms with Gasteiger partial charge in [-0.15, -0.1) is 5.01 Å². The lowest BCUT2D eigenvalue weighted by Crippen LogP contribution is -2.61. The van der Waals surface area contributed by atoms with Crippen molar-refractivity contribution >= 4 is 34.6 Å². The lowest BCUT2D eigenvalue weighted by Gasteiger charge is -2.35. The molecule has 0 spiro atoms. The molecule has 3 amide bonds. The number of fused-ring (bicyclic) bond motifs is 6. The summed E-state index contributed by atoms with van der Waals surface area (Å²) in [5.74, 6) is -1.92. The number of carbonyl (C=O) groups excluding carboxylic acids is 4. The van der Waals surface area contributed by atoms with E-state index in [1.54, 1.807) is 26.0 Å². The van der Waals surface area contributed by atoms with Crippen LogP contribution < -0.4 is 10.7 Å². The molecule has 0 aliphatic carbocycles. The topological polar surface area (TPSA) is 169 Å². The Labute approximate surface area is 374 Å². The van der Waals surface area contributed by atoms with Crippen LogP contribution in [0.25, 0.3) is 33.3 Å². The van der Waals surface area contributed by atoms with Crippen LogP contribution in [-0.2, 0) is 43.3 Å². The third-order valence-corrected chi connectivity index (χ3v) is 12.7. The fourth-order valence-electron chi connectivity index (χ4n) is 9.58. The minimum Gasteiger partial charge on any atom is -0.508 e. The molecule has 15 nitrogen and oxygen atoms in total. The largest absolute Gasteiger partial charge is 0.508 e. The Bertz CT molecular complexity index is 2550. The third kappa shape index (κ3) is 9.17. The summed E-state index contributed by atoms with van der Waals surface area (Å²) in [7, 11) is 1.49. The second-order valence-electron chi connectivity index (χ2n) is 18.4. The van der Waals surface area contributed by atoms with Crippen LogP contribution in [0.3, 0.4) is 0 Å². The Balaban J connectivity index is 1.31. The van der Waals surface area contributed by atoms with Gasteiger partial charge in [0.15, 0.2) is 5.70 Å². The molecule has 64 heavy (non-hydrogen) atoms. The lowest BCUT2D eigenvalue weighted by molar-refractivity contribution is -0.716. The van der Waals surface area contributed by atoms with Crippen LogP contribution in [0.1, 0.15) is 76.1 Å². The molecule has 338 valence electrons. The van der Waals surface area contributed by atoms with Gasteiger partial charge >= 0.3 is 5.97 Å². The number of hydrazine groups is 2. The molecule has 6 bridgehead atoms. The predicted molar refractivity (Wildman–Crippen MR) is 244 cm³/mol. The van der Waals surface area contributed by atoms with Crippen molar-refractivity contribution in [1.82, 2.24) is 35.2 Å². The Kier molecular flexibility index (Phi) is 13.1. The second kappa shape index (κ2) is 18.4. The van der Waals surface area contributed by atoms with E-state index < -0.39 is 41.3 Å². The molecule has 2 saturated heterocycles. The molecule has 0 saturated carbocycles. The van der Waals surface area contributed by atoms with E-state index in [2.05, 4.69) is 73.6 Å². The van der Waals surface area contributed by atoms with Gasteiger partial charge < -0.3 is 24.6 Å². The zero-order chi connectivity index (χ0) is 46.2. The van der Waals surface area contributed by atoms with Crippen LogP contribution in [-0.4, -0.2) is 110 Å². The summed E-state index contributed by atoms with van der Waals surface area (Å²) in [6.45, 7) is 19.1. The number of aromatic nitrogens is 2. The van der Waals surface area contributed by atoms with Crippen molar-refractivity contribution < 1.29 is 33.9 Å². The first-order valence-electron chi connectivity index (χ1n) is 22.1. The minimum atomic E-state index is -1.20. The molecule has 7 rings (SSSR count). The second-order valence-corrected chi connectivity index (χ2v) is 18.4. The standard InChI is InChI=1S/C49H60N8O7/c1-10-42(59)54-18-16-35(27-54)57(63)53(9)44(29(3)4)46(60)51-40-21-32-19-34(22-36(58)20-32)33-14-15-41-37(23-33)38(45(55(41)11-2)43-30(5)25-50-26-31(43)6)24-49(7,8)28-64-48(62)39-13-12-17-56(52-39)47(40)61/h10,14-15,19-20,22-23,25-26,35,39-40,52H,1,11-13,16-18,21,24,27-28H2,2-9H3,(H-,51,58,60)/p+1/t35-,39-,40-/m0/s1. The Morgan fingerprint density at radius 1 is 1.08 bits per heavy atom. The van der Waals surface area contributed by atoms with Crippen molar-refractivity contribution in [2.24, 2.45) is 5.41 Å². The highest BCUT2D eigenvalue weighted by Crippen LogP contribution is 2.42. The summed E-state index contributed by atoms with van der Waals surface area (Å²) in [4.78, 5) is 75.7. The number of ether oxygens (including phenoxy) is 1. The molecule has 3 aliphatic rings. The first kappa shape index (κ1) is 45.7. The van der Waals surface area contributed by atoms with Crippen molar-refractivity contribution in [3.8, 4) is 28.1 Å². The first-order valence-corrected chi connectivity index (χ1v) is 22.1. The molecular weight excluding hydrogens is 813 g/mol. The zero-order valence-corrected chi connectivity index (χ0v) is 38.3.